The lowest BCUT2D eigenvalue weighted by Crippen LogP contribution is -2.38. The SMILES string of the molecule is CN1CCCN(C(=O)c2c(F)ccc(N)c2F)CC1=O. The number of likely N-dealkylation sites (N-methyl/N-ethyl adjacent to an activating group) is 1. The number of carbonyl (C=O) groups is 2. The van der Waals surface area contributed by atoms with Crippen molar-refractivity contribution in [1.82, 2.24) is 9.80 Å². The second-order valence-corrected chi connectivity index (χ2v) is 4.72. The molecule has 1 aliphatic heterocycles. The molecule has 108 valence electrons. The van der Waals surface area contributed by atoms with Crippen molar-refractivity contribution in [3.05, 3.63) is 29.3 Å². The molecule has 1 fully saturated rings. The van der Waals surface area contributed by atoms with Gasteiger partial charge in [-0.05, 0) is 18.6 Å². The van der Waals surface area contributed by atoms with Gasteiger partial charge in [-0.25, -0.2) is 8.78 Å². The van der Waals surface area contributed by atoms with Crippen LogP contribution in [0, 0.1) is 11.6 Å². The Morgan fingerprint density at radius 3 is 2.70 bits per heavy atom. The summed E-state index contributed by atoms with van der Waals surface area (Å²) in [5.74, 6) is -3.18. The maximum atomic E-state index is 13.8. The van der Waals surface area contributed by atoms with Gasteiger partial charge in [-0.3, -0.25) is 9.59 Å². The van der Waals surface area contributed by atoms with E-state index < -0.39 is 23.1 Å². The number of amides is 2. The van der Waals surface area contributed by atoms with Crippen molar-refractivity contribution in [3.8, 4) is 0 Å². The quantitative estimate of drug-likeness (QED) is 0.777. The van der Waals surface area contributed by atoms with Gasteiger partial charge in [-0.15, -0.1) is 0 Å². The Bertz CT molecular complexity index is 563. The normalized spacial score (nSPS) is 16.2. The van der Waals surface area contributed by atoms with E-state index in [1.807, 2.05) is 0 Å². The van der Waals surface area contributed by atoms with Crippen LogP contribution < -0.4 is 5.73 Å². The smallest absolute Gasteiger partial charge is 0.260 e. The van der Waals surface area contributed by atoms with E-state index in [0.717, 1.165) is 17.0 Å². The summed E-state index contributed by atoms with van der Waals surface area (Å²) in [6.07, 6.45) is 0.555. The van der Waals surface area contributed by atoms with Gasteiger partial charge in [0.2, 0.25) is 5.91 Å². The molecule has 1 aromatic rings. The van der Waals surface area contributed by atoms with Crippen LogP contribution in [-0.2, 0) is 4.79 Å². The highest BCUT2D eigenvalue weighted by atomic mass is 19.1. The fourth-order valence-electron chi connectivity index (χ4n) is 2.08. The summed E-state index contributed by atoms with van der Waals surface area (Å²) in [4.78, 5) is 26.6. The van der Waals surface area contributed by atoms with Crippen molar-refractivity contribution in [1.29, 1.82) is 0 Å². The largest absolute Gasteiger partial charge is 0.396 e. The van der Waals surface area contributed by atoms with Gasteiger partial charge >= 0.3 is 0 Å². The van der Waals surface area contributed by atoms with Crippen molar-refractivity contribution in [2.75, 3.05) is 32.4 Å². The molecular formula is C13H15F2N3O2. The zero-order valence-corrected chi connectivity index (χ0v) is 11.0. The fourth-order valence-corrected chi connectivity index (χ4v) is 2.08. The maximum absolute atomic E-state index is 13.8. The highest BCUT2D eigenvalue weighted by Crippen LogP contribution is 2.21. The molecule has 0 spiro atoms. The lowest BCUT2D eigenvalue weighted by molar-refractivity contribution is -0.129. The van der Waals surface area contributed by atoms with Crippen molar-refractivity contribution in [2.45, 2.75) is 6.42 Å². The average molecular weight is 283 g/mol. The van der Waals surface area contributed by atoms with E-state index in [-0.39, 0.29) is 24.7 Å². The maximum Gasteiger partial charge on any atom is 0.260 e. The van der Waals surface area contributed by atoms with Crippen molar-refractivity contribution in [2.24, 2.45) is 0 Å². The molecule has 0 unspecified atom stereocenters. The summed E-state index contributed by atoms with van der Waals surface area (Å²) in [7, 11) is 1.62. The molecule has 20 heavy (non-hydrogen) atoms. The highest BCUT2D eigenvalue weighted by molar-refractivity contribution is 5.97. The van der Waals surface area contributed by atoms with Gasteiger partial charge in [0.1, 0.15) is 17.9 Å². The molecule has 2 rings (SSSR count). The lowest BCUT2D eigenvalue weighted by Gasteiger charge is -2.20. The van der Waals surface area contributed by atoms with E-state index in [1.165, 1.54) is 4.90 Å². The van der Waals surface area contributed by atoms with Crippen LogP contribution in [0.4, 0.5) is 14.5 Å². The molecule has 0 aromatic heterocycles. The summed E-state index contributed by atoms with van der Waals surface area (Å²) >= 11 is 0. The van der Waals surface area contributed by atoms with E-state index in [9.17, 15) is 18.4 Å². The molecule has 0 aliphatic carbocycles. The molecule has 2 amide bonds. The lowest BCUT2D eigenvalue weighted by atomic mass is 10.1. The van der Waals surface area contributed by atoms with Crippen LogP contribution in [0.3, 0.4) is 0 Å². The van der Waals surface area contributed by atoms with E-state index in [0.29, 0.717) is 13.0 Å². The van der Waals surface area contributed by atoms with Crippen molar-refractivity contribution in [3.63, 3.8) is 0 Å². The number of hydrogen-bond donors (Lipinski definition) is 1. The standard InChI is InChI=1S/C13H15F2N3O2/c1-17-5-2-6-18(7-10(17)19)13(20)11-8(14)3-4-9(16)12(11)15/h3-4H,2,5-7,16H2,1H3. The molecule has 0 bridgehead atoms. The first kappa shape index (κ1) is 14.2. The molecule has 1 heterocycles. The van der Waals surface area contributed by atoms with Gasteiger partial charge in [0.15, 0.2) is 5.82 Å². The number of carbonyl (C=O) groups excluding carboxylic acids is 2. The van der Waals surface area contributed by atoms with E-state index in [1.54, 1.807) is 7.05 Å². The molecule has 7 heteroatoms. The molecule has 0 radical (unpaired) electrons. The first-order valence-electron chi connectivity index (χ1n) is 6.18. The minimum absolute atomic E-state index is 0.191. The summed E-state index contributed by atoms with van der Waals surface area (Å²) in [5.41, 5.74) is 4.35. The molecule has 2 N–H and O–H groups in total. The highest BCUT2D eigenvalue weighted by Gasteiger charge is 2.28. The summed E-state index contributed by atoms with van der Waals surface area (Å²) in [6.45, 7) is 0.579. The van der Waals surface area contributed by atoms with Crippen LogP contribution in [0.5, 0.6) is 0 Å². The number of rotatable bonds is 1. The van der Waals surface area contributed by atoms with Crippen LogP contribution in [0.1, 0.15) is 16.8 Å². The second kappa shape index (κ2) is 5.44. The Kier molecular flexibility index (Phi) is 3.87. The number of nitrogen functional groups attached to an aromatic ring is 1. The summed E-state index contributed by atoms with van der Waals surface area (Å²) < 4.78 is 27.5. The van der Waals surface area contributed by atoms with Gasteiger partial charge < -0.3 is 15.5 Å². The van der Waals surface area contributed by atoms with Crippen LogP contribution in [0.25, 0.3) is 0 Å². The number of hydrogen-bond acceptors (Lipinski definition) is 3. The summed E-state index contributed by atoms with van der Waals surface area (Å²) in [5, 5.41) is 0. The second-order valence-electron chi connectivity index (χ2n) is 4.72. The predicted molar refractivity (Wildman–Crippen MR) is 68.9 cm³/mol. The first-order chi connectivity index (χ1) is 9.41. The van der Waals surface area contributed by atoms with Gasteiger partial charge in [0, 0.05) is 20.1 Å². The van der Waals surface area contributed by atoms with Crippen LogP contribution >= 0.6 is 0 Å². The van der Waals surface area contributed by atoms with E-state index in [4.69, 9.17) is 5.73 Å². The van der Waals surface area contributed by atoms with Gasteiger partial charge in [0.25, 0.3) is 5.91 Å². The number of nitrogens with zero attached hydrogens (tertiary/aromatic N) is 2. The van der Waals surface area contributed by atoms with E-state index >= 15 is 0 Å². The Labute approximate surface area is 114 Å². The van der Waals surface area contributed by atoms with Crippen LogP contribution in [0.15, 0.2) is 12.1 Å². The zero-order chi connectivity index (χ0) is 14.9. The number of nitrogens with two attached hydrogens (primary N) is 1. The molecular weight excluding hydrogens is 268 g/mol. The summed E-state index contributed by atoms with van der Waals surface area (Å²) in [6, 6.07) is 2.00. The minimum atomic E-state index is -1.08. The van der Waals surface area contributed by atoms with E-state index in [2.05, 4.69) is 0 Å². The molecule has 0 saturated carbocycles. The topological polar surface area (TPSA) is 66.6 Å². The Balaban J connectivity index is 2.32. The van der Waals surface area contributed by atoms with Crippen LogP contribution in [0.2, 0.25) is 0 Å². The fraction of sp³-hybridized carbons (Fsp3) is 0.385. The van der Waals surface area contributed by atoms with Crippen molar-refractivity contribution >= 4 is 17.5 Å². The predicted octanol–water partition coefficient (Wildman–Crippen LogP) is 0.851. The van der Waals surface area contributed by atoms with Gasteiger partial charge in [0.05, 0.1) is 5.69 Å². The van der Waals surface area contributed by atoms with Gasteiger partial charge in [-0.1, -0.05) is 0 Å². The number of benzene rings is 1. The van der Waals surface area contributed by atoms with Crippen LogP contribution in [-0.4, -0.2) is 48.3 Å². The Morgan fingerprint density at radius 2 is 2.00 bits per heavy atom. The molecule has 1 aliphatic rings. The monoisotopic (exact) mass is 283 g/mol. The molecule has 0 atom stereocenters. The third kappa shape index (κ3) is 2.56. The number of anilines is 1. The molecule has 1 aromatic carbocycles. The Morgan fingerprint density at radius 1 is 1.30 bits per heavy atom. The van der Waals surface area contributed by atoms with Gasteiger partial charge in [-0.2, -0.15) is 0 Å². The molecule has 5 nitrogen and oxygen atoms in total. The third-order valence-corrected chi connectivity index (χ3v) is 3.30. The average Bonchev–Trinajstić information content (AvgIpc) is 2.57. The Hall–Kier alpha value is -2.18. The first-order valence-corrected chi connectivity index (χ1v) is 6.18. The zero-order valence-electron chi connectivity index (χ0n) is 11.0. The van der Waals surface area contributed by atoms with Crippen molar-refractivity contribution < 1.29 is 18.4 Å². The minimum Gasteiger partial charge on any atom is -0.396 e. The third-order valence-electron chi connectivity index (χ3n) is 3.30. The number of halogens is 2. The molecule has 1 saturated heterocycles.